The number of likely N-dealkylation sites (N-methyl/N-ethyl adjacent to an activating group) is 1. The SMILES string of the molecule is CCN(C(=O)c1cc(C)cc(C)c1)C1CNC1. The fourth-order valence-electron chi connectivity index (χ4n) is 2.33. The molecule has 0 aliphatic carbocycles. The summed E-state index contributed by atoms with van der Waals surface area (Å²) in [6, 6.07) is 6.42. The fourth-order valence-corrected chi connectivity index (χ4v) is 2.33. The molecule has 92 valence electrons. The van der Waals surface area contributed by atoms with Crippen molar-refractivity contribution in [2.24, 2.45) is 0 Å². The van der Waals surface area contributed by atoms with E-state index in [2.05, 4.69) is 11.4 Å². The predicted molar refractivity (Wildman–Crippen MR) is 69.3 cm³/mol. The molecule has 1 aromatic carbocycles. The van der Waals surface area contributed by atoms with Crippen LogP contribution in [-0.2, 0) is 0 Å². The van der Waals surface area contributed by atoms with E-state index in [1.54, 1.807) is 0 Å². The fraction of sp³-hybridized carbons (Fsp3) is 0.500. The van der Waals surface area contributed by atoms with Gasteiger partial charge in [-0.15, -0.1) is 0 Å². The maximum atomic E-state index is 12.4. The first-order valence-corrected chi connectivity index (χ1v) is 6.21. The van der Waals surface area contributed by atoms with Gasteiger partial charge in [-0.2, -0.15) is 0 Å². The van der Waals surface area contributed by atoms with Gasteiger partial charge in [0.05, 0.1) is 6.04 Å². The van der Waals surface area contributed by atoms with Gasteiger partial charge < -0.3 is 10.2 Å². The largest absolute Gasteiger partial charge is 0.333 e. The van der Waals surface area contributed by atoms with Crippen LogP contribution in [0.1, 0.15) is 28.4 Å². The minimum absolute atomic E-state index is 0.158. The number of rotatable bonds is 3. The summed E-state index contributed by atoms with van der Waals surface area (Å²) in [6.07, 6.45) is 0. The van der Waals surface area contributed by atoms with Gasteiger partial charge in [0, 0.05) is 25.2 Å². The Kier molecular flexibility index (Phi) is 3.48. The lowest BCUT2D eigenvalue weighted by molar-refractivity contribution is 0.0630. The van der Waals surface area contributed by atoms with Crippen LogP contribution >= 0.6 is 0 Å². The number of carbonyl (C=O) groups is 1. The summed E-state index contributed by atoms with van der Waals surface area (Å²) in [5, 5.41) is 3.21. The van der Waals surface area contributed by atoms with Crippen LogP contribution in [0.2, 0.25) is 0 Å². The summed E-state index contributed by atoms with van der Waals surface area (Å²) < 4.78 is 0. The van der Waals surface area contributed by atoms with E-state index in [1.807, 2.05) is 37.8 Å². The van der Waals surface area contributed by atoms with Gasteiger partial charge in [0.2, 0.25) is 0 Å². The number of carbonyl (C=O) groups excluding carboxylic acids is 1. The molecule has 1 amide bonds. The quantitative estimate of drug-likeness (QED) is 0.861. The number of hydrogen-bond acceptors (Lipinski definition) is 2. The van der Waals surface area contributed by atoms with E-state index >= 15 is 0 Å². The maximum Gasteiger partial charge on any atom is 0.254 e. The highest BCUT2D eigenvalue weighted by Crippen LogP contribution is 2.14. The summed E-state index contributed by atoms with van der Waals surface area (Å²) in [7, 11) is 0. The zero-order chi connectivity index (χ0) is 12.4. The molecule has 1 aliphatic rings. The summed E-state index contributed by atoms with van der Waals surface area (Å²) in [6.45, 7) is 8.72. The van der Waals surface area contributed by atoms with E-state index in [9.17, 15) is 4.79 Å². The molecule has 0 radical (unpaired) electrons. The van der Waals surface area contributed by atoms with Crippen LogP contribution in [-0.4, -0.2) is 36.5 Å². The molecule has 1 saturated heterocycles. The molecular weight excluding hydrogens is 212 g/mol. The number of nitrogens with one attached hydrogen (secondary N) is 1. The Morgan fingerprint density at radius 3 is 2.29 bits per heavy atom. The molecule has 1 heterocycles. The average Bonchev–Trinajstić information content (AvgIpc) is 2.20. The highest BCUT2D eigenvalue weighted by Gasteiger charge is 2.27. The Balaban J connectivity index is 2.22. The summed E-state index contributed by atoms with van der Waals surface area (Å²) in [4.78, 5) is 14.4. The van der Waals surface area contributed by atoms with E-state index in [0.717, 1.165) is 36.3 Å². The highest BCUT2D eigenvalue weighted by atomic mass is 16.2. The summed E-state index contributed by atoms with van der Waals surface area (Å²) in [5.41, 5.74) is 3.11. The lowest BCUT2D eigenvalue weighted by atomic mass is 10.0. The topological polar surface area (TPSA) is 32.3 Å². The maximum absolute atomic E-state index is 12.4. The first-order valence-electron chi connectivity index (χ1n) is 6.21. The zero-order valence-electron chi connectivity index (χ0n) is 10.8. The molecule has 0 bridgehead atoms. The van der Waals surface area contributed by atoms with Crippen molar-refractivity contribution < 1.29 is 4.79 Å². The molecule has 0 spiro atoms. The Labute approximate surface area is 103 Å². The van der Waals surface area contributed by atoms with E-state index in [0.29, 0.717) is 6.04 Å². The Bertz CT molecular complexity index is 404. The molecule has 1 fully saturated rings. The molecule has 1 aliphatic heterocycles. The third kappa shape index (κ3) is 2.50. The van der Waals surface area contributed by atoms with E-state index < -0.39 is 0 Å². The van der Waals surface area contributed by atoms with Gasteiger partial charge in [-0.1, -0.05) is 17.2 Å². The van der Waals surface area contributed by atoms with Crippen molar-refractivity contribution in [3.05, 3.63) is 34.9 Å². The molecule has 0 atom stereocenters. The van der Waals surface area contributed by atoms with Crippen LogP contribution in [0.25, 0.3) is 0 Å². The van der Waals surface area contributed by atoms with E-state index in [4.69, 9.17) is 0 Å². The minimum Gasteiger partial charge on any atom is -0.333 e. The lowest BCUT2D eigenvalue weighted by Gasteiger charge is -2.37. The molecule has 3 nitrogen and oxygen atoms in total. The van der Waals surface area contributed by atoms with Crippen molar-refractivity contribution in [2.45, 2.75) is 26.8 Å². The molecular formula is C14H20N2O. The second-order valence-electron chi connectivity index (χ2n) is 4.78. The third-order valence-electron chi connectivity index (χ3n) is 3.27. The first kappa shape index (κ1) is 12.1. The minimum atomic E-state index is 0.158. The first-order chi connectivity index (χ1) is 8.11. The van der Waals surface area contributed by atoms with Gasteiger partial charge in [-0.25, -0.2) is 0 Å². The highest BCUT2D eigenvalue weighted by molar-refractivity contribution is 5.95. The molecule has 3 heteroatoms. The second kappa shape index (κ2) is 4.88. The van der Waals surface area contributed by atoms with Crippen molar-refractivity contribution >= 4 is 5.91 Å². The molecule has 0 saturated carbocycles. The van der Waals surface area contributed by atoms with Crippen molar-refractivity contribution in [2.75, 3.05) is 19.6 Å². The van der Waals surface area contributed by atoms with Crippen molar-refractivity contribution in [3.63, 3.8) is 0 Å². The van der Waals surface area contributed by atoms with Crippen LogP contribution < -0.4 is 5.32 Å². The van der Waals surface area contributed by atoms with E-state index in [1.165, 1.54) is 0 Å². The van der Waals surface area contributed by atoms with Gasteiger partial charge in [0.25, 0.3) is 5.91 Å². The van der Waals surface area contributed by atoms with Crippen LogP contribution in [0.4, 0.5) is 0 Å². The van der Waals surface area contributed by atoms with E-state index in [-0.39, 0.29) is 5.91 Å². The normalized spacial score (nSPS) is 15.5. The molecule has 0 unspecified atom stereocenters. The molecule has 0 aromatic heterocycles. The van der Waals surface area contributed by atoms with Gasteiger partial charge in [0.1, 0.15) is 0 Å². The van der Waals surface area contributed by atoms with Gasteiger partial charge in [0.15, 0.2) is 0 Å². The number of amides is 1. The smallest absolute Gasteiger partial charge is 0.254 e. The molecule has 1 aromatic rings. The summed E-state index contributed by atoms with van der Waals surface area (Å²) in [5.74, 6) is 0.158. The zero-order valence-corrected chi connectivity index (χ0v) is 10.8. The molecule has 2 rings (SSSR count). The van der Waals surface area contributed by atoms with Gasteiger partial charge in [-0.05, 0) is 32.9 Å². The number of aryl methyl sites for hydroxylation is 2. The second-order valence-corrected chi connectivity index (χ2v) is 4.78. The van der Waals surface area contributed by atoms with Crippen LogP contribution in [0.15, 0.2) is 18.2 Å². The molecule has 1 N–H and O–H groups in total. The van der Waals surface area contributed by atoms with Crippen molar-refractivity contribution in [1.82, 2.24) is 10.2 Å². The van der Waals surface area contributed by atoms with Crippen LogP contribution in [0, 0.1) is 13.8 Å². The Morgan fingerprint density at radius 2 is 1.88 bits per heavy atom. The van der Waals surface area contributed by atoms with Gasteiger partial charge in [-0.3, -0.25) is 4.79 Å². The number of benzene rings is 1. The number of nitrogens with zero attached hydrogens (tertiary/aromatic N) is 1. The van der Waals surface area contributed by atoms with Crippen LogP contribution in [0.5, 0.6) is 0 Å². The van der Waals surface area contributed by atoms with Crippen LogP contribution in [0.3, 0.4) is 0 Å². The number of hydrogen-bond donors (Lipinski definition) is 1. The van der Waals surface area contributed by atoms with Crippen molar-refractivity contribution in [1.29, 1.82) is 0 Å². The molecule has 17 heavy (non-hydrogen) atoms. The standard InChI is InChI=1S/C14H20N2O/c1-4-16(13-8-15-9-13)14(17)12-6-10(2)5-11(3)7-12/h5-7,13,15H,4,8-9H2,1-3H3. The average molecular weight is 232 g/mol. The Morgan fingerprint density at radius 1 is 1.29 bits per heavy atom. The lowest BCUT2D eigenvalue weighted by Crippen LogP contribution is -2.58. The Hall–Kier alpha value is -1.35. The third-order valence-corrected chi connectivity index (χ3v) is 3.27. The van der Waals surface area contributed by atoms with Gasteiger partial charge >= 0.3 is 0 Å². The monoisotopic (exact) mass is 232 g/mol. The predicted octanol–water partition coefficient (Wildman–Crippen LogP) is 1.74. The summed E-state index contributed by atoms with van der Waals surface area (Å²) >= 11 is 0. The van der Waals surface area contributed by atoms with Crippen molar-refractivity contribution in [3.8, 4) is 0 Å².